The predicted molar refractivity (Wildman–Crippen MR) is 106 cm³/mol. The molecule has 0 bridgehead atoms. The molecular formula is C20H25NO4SSi. The molecule has 1 aromatic carbocycles. The van der Waals surface area contributed by atoms with Gasteiger partial charge in [-0.2, -0.15) is 4.31 Å². The molecular weight excluding hydrogens is 378 g/mol. The number of hydrogen-bond donors (Lipinski definition) is 0. The second kappa shape index (κ2) is 5.89. The van der Waals surface area contributed by atoms with Crippen molar-refractivity contribution in [1.82, 2.24) is 4.31 Å². The Hall–Kier alpha value is -1.70. The van der Waals surface area contributed by atoms with Crippen LogP contribution in [0.25, 0.3) is 0 Å². The van der Waals surface area contributed by atoms with E-state index in [1.54, 1.807) is 30.5 Å². The Morgan fingerprint density at radius 1 is 1.19 bits per heavy atom. The summed E-state index contributed by atoms with van der Waals surface area (Å²) in [4.78, 5) is 13.5. The molecule has 1 aromatic rings. The van der Waals surface area contributed by atoms with E-state index in [1.807, 2.05) is 13.0 Å². The number of ether oxygens (including phenoxy) is 1. The molecule has 2 atom stereocenters. The number of carbonyl (C=O) groups is 1. The molecule has 0 aromatic heterocycles. The van der Waals surface area contributed by atoms with Crippen LogP contribution in [0, 0.1) is 12.8 Å². The second-order valence-electron chi connectivity index (χ2n) is 8.58. The average molecular weight is 404 g/mol. The molecule has 1 fully saturated rings. The van der Waals surface area contributed by atoms with Crippen LogP contribution in [0.15, 0.2) is 52.3 Å². The Balaban J connectivity index is 1.90. The standard InChI is InChI=1S/C20H25NO4SSi/c1-14-7-9-15(10-8-14)26(23,24)21-12-11-17-19(27(2,3)4)18(22)16-6-5-13-25-20(16,17)21/h5,7-10,13,16H,6,11-12H2,1-4H3/t16-,20-/m0/s1. The molecule has 27 heavy (non-hydrogen) atoms. The highest BCUT2D eigenvalue weighted by Gasteiger charge is 2.66. The minimum absolute atomic E-state index is 0.0809. The molecule has 4 rings (SSSR count). The Labute approximate surface area is 161 Å². The van der Waals surface area contributed by atoms with Gasteiger partial charge in [0, 0.05) is 6.54 Å². The van der Waals surface area contributed by atoms with E-state index in [2.05, 4.69) is 19.6 Å². The van der Waals surface area contributed by atoms with E-state index in [9.17, 15) is 13.2 Å². The summed E-state index contributed by atoms with van der Waals surface area (Å²) in [6, 6.07) is 6.85. The van der Waals surface area contributed by atoms with Crippen molar-refractivity contribution in [3.05, 3.63) is 52.9 Å². The van der Waals surface area contributed by atoms with Crippen molar-refractivity contribution >= 4 is 23.9 Å². The third kappa shape index (κ3) is 2.52. The van der Waals surface area contributed by atoms with E-state index in [0.717, 1.165) is 16.3 Å². The van der Waals surface area contributed by atoms with Gasteiger partial charge in [0.15, 0.2) is 5.78 Å². The van der Waals surface area contributed by atoms with Crippen LogP contribution in [0.4, 0.5) is 0 Å². The Kier molecular flexibility index (Phi) is 4.07. The average Bonchev–Trinajstić information content (AvgIpc) is 3.05. The summed E-state index contributed by atoms with van der Waals surface area (Å²) in [7, 11) is -5.72. The van der Waals surface area contributed by atoms with Crippen LogP contribution in [-0.4, -0.2) is 38.8 Å². The molecule has 1 saturated heterocycles. The lowest BCUT2D eigenvalue weighted by Crippen LogP contribution is -2.54. The largest absolute Gasteiger partial charge is 0.475 e. The molecule has 0 saturated carbocycles. The van der Waals surface area contributed by atoms with Crippen LogP contribution in [0.2, 0.25) is 19.6 Å². The maximum absolute atomic E-state index is 13.5. The van der Waals surface area contributed by atoms with Gasteiger partial charge in [-0.05, 0) is 48.7 Å². The van der Waals surface area contributed by atoms with Gasteiger partial charge in [0.05, 0.1) is 25.1 Å². The first-order valence-electron chi connectivity index (χ1n) is 9.31. The highest BCUT2D eigenvalue weighted by atomic mass is 32.2. The zero-order valence-electron chi connectivity index (χ0n) is 16.2. The number of ketones is 1. The summed E-state index contributed by atoms with van der Waals surface area (Å²) in [5, 5.41) is 0.873. The Morgan fingerprint density at radius 2 is 1.85 bits per heavy atom. The Bertz CT molecular complexity index is 972. The van der Waals surface area contributed by atoms with Crippen molar-refractivity contribution in [2.75, 3.05) is 6.54 Å². The van der Waals surface area contributed by atoms with Gasteiger partial charge < -0.3 is 4.74 Å². The van der Waals surface area contributed by atoms with E-state index < -0.39 is 29.7 Å². The lowest BCUT2D eigenvalue weighted by molar-refractivity contribution is -0.130. The van der Waals surface area contributed by atoms with Crippen LogP contribution >= 0.6 is 0 Å². The van der Waals surface area contributed by atoms with Crippen LogP contribution in [0.1, 0.15) is 18.4 Å². The fourth-order valence-corrected chi connectivity index (χ4v) is 8.51. The second-order valence-corrected chi connectivity index (χ2v) is 15.4. The quantitative estimate of drug-likeness (QED) is 0.726. The van der Waals surface area contributed by atoms with Gasteiger partial charge >= 0.3 is 0 Å². The van der Waals surface area contributed by atoms with Crippen LogP contribution in [0.5, 0.6) is 0 Å². The number of aryl methyl sites for hydroxylation is 1. The van der Waals surface area contributed by atoms with E-state index >= 15 is 0 Å². The first-order chi connectivity index (χ1) is 12.6. The van der Waals surface area contributed by atoms with Gasteiger partial charge in [0.1, 0.15) is 0 Å². The summed E-state index contributed by atoms with van der Waals surface area (Å²) in [6.45, 7) is 8.69. The first-order valence-corrected chi connectivity index (χ1v) is 14.2. The molecule has 7 heteroatoms. The van der Waals surface area contributed by atoms with Crippen molar-refractivity contribution in [1.29, 1.82) is 0 Å². The minimum Gasteiger partial charge on any atom is -0.475 e. The van der Waals surface area contributed by atoms with Gasteiger partial charge in [0.2, 0.25) is 15.7 Å². The van der Waals surface area contributed by atoms with Gasteiger partial charge in [-0.1, -0.05) is 37.3 Å². The maximum Gasteiger partial charge on any atom is 0.246 e. The zero-order valence-corrected chi connectivity index (χ0v) is 18.0. The maximum atomic E-state index is 13.5. The summed E-state index contributed by atoms with van der Waals surface area (Å²) >= 11 is 0. The Morgan fingerprint density at radius 3 is 2.48 bits per heavy atom. The van der Waals surface area contributed by atoms with Crippen molar-refractivity contribution < 1.29 is 17.9 Å². The number of nitrogens with zero attached hydrogens (tertiary/aromatic N) is 1. The van der Waals surface area contributed by atoms with Crippen LogP contribution in [0.3, 0.4) is 0 Å². The summed E-state index contributed by atoms with van der Waals surface area (Å²) in [5.74, 6) is -0.403. The third-order valence-electron chi connectivity index (χ3n) is 5.78. The zero-order chi connectivity index (χ0) is 19.6. The van der Waals surface area contributed by atoms with Crippen molar-refractivity contribution in [3.63, 3.8) is 0 Å². The summed E-state index contributed by atoms with van der Waals surface area (Å²) < 4.78 is 34.5. The predicted octanol–water partition coefficient (Wildman–Crippen LogP) is 3.39. The fraction of sp³-hybridized carbons (Fsp3) is 0.450. The molecule has 0 amide bonds. The number of rotatable bonds is 3. The molecule has 0 N–H and O–H groups in total. The van der Waals surface area contributed by atoms with Gasteiger partial charge in [-0.3, -0.25) is 4.79 Å². The molecule has 0 radical (unpaired) electrons. The molecule has 2 heterocycles. The van der Waals surface area contributed by atoms with Crippen molar-refractivity contribution in [2.45, 2.75) is 50.0 Å². The first kappa shape index (κ1) is 18.7. The van der Waals surface area contributed by atoms with Crippen molar-refractivity contribution in [3.8, 4) is 0 Å². The topological polar surface area (TPSA) is 63.7 Å². The highest BCUT2D eigenvalue weighted by Crippen LogP contribution is 2.55. The normalized spacial score (nSPS) is 28.3. The summed E-state index contributed by atoms with van der Waals surface area (Å²) in [5.41, 5.74) is 0.725. The number of hydrogen-bond acceptors (Lipinski definition) is 4. The van der Waals surface area contributed by atoms with E-state index in [1.165, 1.54) is 4.31 Å². The van der Waals surface area contributed by atoms with Crippen molar-refractivity contribution in [2.24, 2.45) is 5.92 Å². The monoisotopic (exact) mass is 403 g/mol. The van der Waals surface area contributed by atoms with Crippen LogP contribution < -0.4 is 0 Å². The molecule has 2 aliphatic heterocycles. The molecule has 0 unspecified atom stereocenters. The number of sulfonamides is 1. The van der Waals surface area contributed by atoms with E-state index in [4.69, 9.17) is 4.74 Å². The lowest BCUT2D eigenvalue weighted by atomic mass is 9.90. The number of benzene rings is 1. The fourth-order valence-electron chi connectivity index (χ4n) is 4.68. The minimum atomic E-state index is -3.78. The molecule has 5 nitrogen and oxygen atoms in total. The van der Waals surface area contributed by atoms with Gasteiger partial charge in [-0.25, -0.2) is 8.42 Å². The summed E-state index contributed by atoms with van der Waals surface area (Å²) in [6.07, 6.45) is 4.46. The van der Waals surface area contributed by atoms with Gasteiger partial charge in [0.25, 0.3) is 0 Å². The highest BCUT2D eigenvalue weighted by molar-refractivity contribution is 7.89. The van der Waals surface area contributed by atoms with Gasteiger partial charge in [-0.15, -0.1) is 0 Å². The van der Waals surface area contributed by atoms with Crippen LogP contribution in [-0.2, 0) is 19.6 Å². The molecule has 1 aliphatic carbocycles. The molecule has 3 aliphatic rings. The molecule has 144 valence electrons. The SMILES string of the molecule is Cc1ccc(S(=O)(=O)N2CCC3=C([Si](C)(C)C)C(=O)[C@@H]4CC=CO[C@]342)cc1. The van der Waals surface area contributed by atoms with E-state index in [-0.39, 0.29) is 10.7 Å². The smallest absolute Gasteiger partial charge is 0.246 e. The van der Waals surface area contributed by atoms with E-state index in [0.29, 0.717) is 19.4 Å². The number of Topliss-reactive ketones (excluding diaryl/α,β-unsaturated/α-hetero) is 1. The molecule has 1 spiro atoms. The number of carbonyl (C=O) groups excluding carboxylic acids is 1. The lowest BCUT2D eigenvalue weighted by Gasteiger charge is -2.41. The number of allylic oxidation sites excluding steroid dienone is 2. The third-order valence-corrected chi connectivity index (χ3v) is 9.73.